The van der Waals surface area contributed by atoms with Crippen LogP contribution in [-0.4, -0.2) is 53.9 Å². The van der Waals surface area contributed by atoms with E-state index >= 15 is 0 Å². The zero-order valence-electron chi connectivity index (χ0n) is 6.88. The van der Waals surface area contributed by atoms with Gasteiger partial charge in [-0.3, -0.25) is 0 Å². The Balaban J connectivity index is 2.60. The number of carboxylic acids is 1. The van der Waals surface area contributed by atoms with E-state index in [0.29, 0.717) is 13.0 Å². The maximum Gasteiger partial charge on any atom is 0.333 e. The Labute approximate surface area is 75.8 Å². The van der Waals surface area contributed by atoms with Gasteiger partial charge in [-0.15, -0.1) is 0 Å². The maximum atomic E-state index is 11.1. The Hall–Kier alpha value is -0.660. The lowest BCUT2D eigenvalue weighted by Crippen LogP contribution is -2.37. The SMILES string of the molecule is O=C(O)C(O)CN1CCCS1(=O)=O. The molecule has 76 valence electrons. The molecular weight excluding hydrogens is 198 g/mol. The zero-order valence-corrected chi connectivity index (χ0v) is 7.70. The molecule has 0 radical (unpaired) electrons. The van der Waals surface area contributed by atoms with Gasteiger partial charge in [0.25, 0.3) is 0 Å². The number of carbonyl (C=O) groups is 1. The summed E-state index contributed by atoms with van der Waals surface area (Å²) < 4.78 is 23.3. The molecule has 0 saturated carbocycles. The van der Waals surface area contributed by atoms with Gasteiger partial charge < -0.3 is 10.2 Å². The van der Waals surface area contributed by atoms with E-state index in [-0.39, 0.29) is 12.3 Å². The molecule has 1 atom stereocenters. The number of β-amino-alcohol motifs (C(OH)–C–C–N with tert-alkyl or cyclic N) is 1. The van der Waals surface area contributed by atoms with Gasteiger partial charge in [-0.05, 0) is 6.42 Å². The quantitative estimate of drug-likeness (QED) is 0.588. The van der Waals surface area contributed by atoms with E-state index in [1.807, 2.05) is 0 Å². The van der Waals surface area contributed by atoms with E-state index in [0.717, 1.165) is 4.31 Å². The van der Waals surface area contributed by atoms with Crippen LogP contribution < -0.4 is 0 Å². The van der Waals surface area contributed by atoms with Crippen molar-refractivity contribution in [3.63, 3.8) is 0 Å². The molecule has 13 heavy (non-hydrogen) atoms. The third kappa shape index (κ3) is 2.39. The molecular formula is C6H11NO5S. The van der Waals surface area contributed by atoms with Crippen LogP contribution in [-0.2, 0) is 14.8 Å². The number of nitrogens with zero attached hydrogens (tertiary/aromatic N) is 1. The molecule has 0 spiro atoms. The number of aliphatic hydroxyl groups is 1. The van der Waals surface area contributed by atoms with Crippen LogP contribution in [0.2, 0.25) is 0 Å². The third-order valence-corrected chi connectivity index (χ3v) is 3.79. The number of carboxylic acid groups (broad SMARTS) is 1. The first kappa shape index (κ1) is 10.4. The Bertz CT molecular complexity index is 298. The van der Waals surface area contributed by atoms with Crippen LogP contribution in [0.4, 0.5) is 0 Å². The summed E-state index contributed by atoms with van der Waals surface area (Å²) in [6.45, 7) is -0.0513. The van der Waals surface area contributed by atoms with Crippen molar-refractivity contribution < 1.29 is 23.4 Å². The van der Waals surface area contributed by atoms with Gasteiger partial charge >= 0.3 is 5.97 Å². The van der Waals surface area contributed by atoms with E-state index in [4.69, 9.17) is 10.2 Å². The summed E-state index contributed by atoms with van der Waals surface area (Å²) in [7, 11) is -3.31. The van der Waals surface area contributed by atoms with Crippen molar-refractivity contribution in [1.82, 2.24) is 4.31 Å². The number of hydrogen-bond acceptors (Lipinski definition) is 4. The molecule has 0 aromatic heterocycles. The van der Waals surface area contributed by atoms with Crippen LogP contribution in [0.1, 0.15) is 6.42 Å². The number of aliphatic carboxylic acids is 1. The summed E-state index contributed by atoms with van der Waals surface area (Å²) in [5.41, 5.74) is 0. The second-order valence-corrected chi connectivity index (χ2v) is 4.97. The number of sulfonamides is 1. The standard InChI is InChI=1S/C6H11NO5S/c8-5(6(9)10)4-7-2-1-3-13(7,11)12/h5,8H,1-4H2,(H,9,10). The average Bonchev–Trinajstić information content (AvgIpc) is 2.30. The number of hydrogen-bond donors (Lipinski definition) is 2. The van der Waals surface area contributed by atoms with Crippen molar-refractivity contribution in [3.05, 3.63) is 0 Å². The first-order valence-corrected chi connectivity index (χ1v) is 5.43. The minimum Gasteiger partial charge on any atom is -0.479 e. The van der Waals surface area contributed by atoms with Gasteiger partial charge in [-0.1, -0.05) is 0 Å². The number of aliphatic hydroxyl groups excluding tert-OH is 1. The molecule has 1 aliphatic heterocycles. The van der Waals surface area contributed by atoms with Gasteiger partial charge in [0.15, 0.2) is 6.10 Å². The van der Waals surface area contributed by atoms with Gasteiger partial charge in [0, 0.05) is 6.54 Å². The number of rotatable bonds is 3. The summed E-state index contributed by atoms with van der Waals surface area (Å²) >= 11 is 0. The van der Waals surface area contributed by atoms with Crippen LogP contribution in [0.3, 0.4) is 0 Å². The van der Waals surface area contributed by atoms with Gasteiger partial charge in [0.05, 0.1) is 12.3 Å². The lowest BCUT2D eigenvalue weighted by molar-refractivity contribution is -0.146. The fourth-order valence-corrected chi connectivity index (χ4v) is 2.70. The van der Waals surface area contributed by atoms with Crippen LogP contribution >= 0.6 is 0 Å². The van der Waals surface area contributed by atoms with Crippen LogP contribution in [0.15, 0.2) is 0 Å². The molecule has 2 N–H and O–H groups in total. The van der Waals surface area contributed by atoms with E-state index in [2.05, 4.69) is 0 Å². The average molecular weight is 209 g/mol. The van der Waals surface area contributed by atoms with Crippen molar-refractivity contribution in [3.8, 4) is 0 Å². The summed E-state index contributed by atoms with van der Waals surface area (Å²) in [4.78, 5) is 10.2. The molecule has 1 fully saturated rings. The Morgan fingerprint density at radius 2 is 2.15 bits per heavy atom. The Morgan fingerprint density at radius 1 is 1.54 bits per heavy atom. The van der Waals surface area contributed by atoms with Gasteiger partial charge in [0.1, 0.15) is 0 Å². The van der Waals surface area contributed by atoms with Gasteiger partial charge in [-0.25, -0.2) is 13.2 Å². The first-order valence-electron chi connectivity index (χ1n) is 3.82. The maximum absolute atomic E-state index is 11.1. The molecule has 0 amide bonds. The van der Waals surface area contributed by atoms with Crippen molar-refractivity contribution in [2.24, 2.45) is 0 Å². The van der Waals surface area contributed by atoms with E-state index < -0.39 is 22.1 Å². The van der Waals surface area contributed by atoms with Crippen molar-refractivity contribution in [2.45, 2.75) is 12.5 Å². The monoisotopic (exact) mass is 209 g/mol. The fourth-order valence-electron chi connectivity index (χ4n) is 1.17. The third-order valence-electron chi connectivity index (χ3n) is 1.86. The first-order chi connectivity index (χ1) is 5.93. The molecule has 7 heteroatoms. The Morgan fingerprint density at radius 3 is 2.54 bits per heavy atom. The van der Waals surface area contributed by atoms with E-state index in [9.17, 15) is 13.2 Å². The largest absolute Gasteiger partial charge is 0.479 e. The van der Waals surface area contributed by atoms with Crippen LogP contribution in [0.25, 0.3) is 0 Å². The predicted molar refractivity (Wildman–Crippen MR) is 43.6 cm³/mol. The topological polar surface area (TPSA) is 94.9 Å². The minimum atomic E-state index is -3.31. The summed E-state index contributed by atoms with van der Waals surface area (Å²) in [6, 6.07) is 0. The van der Waals surface area contributed by atoms with Crippen molar-refractivity contribution in [2.75, 3.05) is 18.8 Å². The molecule has 1 saturated heterocycles. The van der Waals surface area contributed by atoms with Gasteiger partial charge in [-0.2, -0.15) is 4.31 Å². The van der Waals surface area contributed by atoms with Crippen molar-refractivity contribution in [1.29, 1.82) is 0 Å². The smallest absolute Gasteiger partial charge is 0.333 e. The van der Waals surface area contributed by atoms with Crippen molar-refractivity contribution >= 4 is 16.0 Å². The van der Waals surface area contributed by atoms with Crippen LogP contribution in [0, 0.1) is 0 Å². The fraction of sp³-hybridized carbons (Fsp3) is 0.833. The molecule has 0 aromatic carbocycles. The summed E-state index contributed by atoms with van der Waals surface area (Å²) in [6.07, 6.45) is -1.14. The highest BCUT2D eigenvalue weighted by Crippen LogP contribution is 2.13. The second kappa shape index (κ2) is 3.60. The second-order valence-electron chi connectivity index (χ2n) is 2.88. The predicted octanol–water partition coefficient (Wildman–Crippen LogP) is -1.53. The normalized spacial score (nSPS) is 24.4. The lowest BCUT2D eigenvalue weighted by atomic mass is 10.3. The van der Waals surface area contributed by atoms with E-state index in [1.54, 1.807) is 0 Å². The highest BCUT2D eigenvalue weighted by atomic mass is 32.2. The highest BCUT2D eigenvalue weighted by Gasteiger charge is 2.31. The molecule has 6 nitrogen and oxygen atoms in total. The molecule has 1 unspecified atom stereocenters. The highest BCUT2D eigenvalue weighted by molar-refractivity contribution is 7.89. The molecule has 0 aromatic rings. The Kier molecular flexibility index (Phi) is 2.89. The summed E-state index contributed by atoms with van der Waals surface area (Å²) in [5.74, 6) is -1.36. The summed E-state index contributed by atoms with van der Waals surface area (Å²) in [5, 5.41) is 17.3. The molecule has 0 bridgehead atoms. The molecule has 1 aliphatic rings. The van der Waals surface area contributed by atoms with E-state index in [1.165, 1.54) is 0 Å². The molecule has 1 rings (SSSR count). The lowest BCUT2D eigenvalue weighted by Gasteiger charge is -2.15. The molecule has 1 heterocycles. The molecule has 0 aliphatic carbocycles. The minimum absolute atomic E-state index is 0.0410. The van der Waals surface area contributed by atoms with Gasteiger partial charge in [0.2, 0.25) is 10.0 Å². The van der Waals surface area contributed by atoms with Crippen LogP contribution in [0.5, 0.6) is 0 Å². The zero-order chi connectivity index (χ0) is 10.1.